The van der Waals surface area contributed by atoms with Crippen molar-refractivity contribution in [3.63, 3.8) is 0 Å². The van der Waals surface area contributed by atoms with Crippen LogP contribution in [0.5, 0.6) is 5.75 Å². The Morgan fingerprint density at radius 3 is 2.61 bits per heavy atom. The maximum absolute atomic E-state index is 6.61. The van der Waals surface area contributed by atoms with Crippen LogP contribution in [0.25, 0.3) is 10.8 Å². The van der Waals surface area contributed by atoms with Gasteiger partial charge in [0.15, 0.2) is 0 Å². The number of anilines is 2. The van der Waals surface area contributed by atoms with Gasteiger partial charge in [0, 0.05) is 30.9 Å². The van der Waals surface area contributed by atoms with E-state index in [1.165, 1.54) is 35.6 Å². The van der Waals surface area contributed by atoms with Crippen molar-refractivity contribution in [1.29, 1.82) is 0 Å². The molecule has 0 aromatic heterocycles. The van der Waals surface area contributed by atoms with Crippen LogP contribution in [0.3, 0.4) is 0 Å². The predicted molar refractivity (Wildman–Crippen MR) is 120 cm³/mol. The standard InChI is InChI=1S/C24H27ClN2O/c1-2-28-24-13-10-18-8-4-5-9-20(18)21(24)17-26-19-11-12-23(22(25)16-19)27-14-6-3-7-15-27/h4-5,8-13,16,26H,2-3,6-7,14-15,17H2,1H3. The highest BCUT2D eigenvalue weighted by Crippen LogP contribution is 2.32. The van der Waals surface area contributed by atoms with Gasteiger partial charge in [0.2, 0.25) is 0 Å². The van der Waals surface area contributed by atoms with Gasteiger partial charge in [-0.25, -0.2) is 0 Å². The summed E-state index contributed by atoms with van der Waals surface area (Å²) in [5.41, 5.74) is 3.35. The summed E-state index contributed by atoms with van der Waals surface area (Å²) >= 11 is 6.61. The third-order valence-corrected chi connectivity index (χ3v) is 5.71. The van der Waals surface area contributed by atoms with Gasteiger partial charge in [-0.15, -0.1) is 0 Å². The molecule has 1 saturated heterocycles. The molecule has 0 unspecified atom stereocenters. The van der Waals surface area contributed by atoms with Gasteiger partial charge in [-0.2, -0.15) is 0 Å². The lowest BCUT2D eigenvalue weighted by molar-refractivity contribution is 0.337. The van der Waals surface area contributed by atoms with E-state index in [0.717, 1.165) is 35.2 Å². The molecule has 0 aliphatic carbocycles. The zero-order valence-electron chi connectivity index (χ0n) is 16.4. The number of nitrogens with zero attached hydrogens (tertiary/aromatic N) is 1. The highest BCUT2D eigenvalue weighted by Gasteiger charge is 2.14. The van der Waals surface area contributed by atoms with E-state index in [0.29, 0.717) is 13.2 Å². The minimum absolute atomic E-state index is 0.654. The van der Waals surface area contributed by atoms with Crippen LogP contribution < -0.4 is 15.0 Å². The van der Waals surface area contributed by atoms with Crippen molar-refractivity contribution in [3.8, 4) is 5.75 Å². The third-order valence-electron chi connectivity index (χ3n) is 5.41. The Labute approximate surface area is 172 Å². The zero-order valence-corrected chi connectivity index (χ0v) is 17.1. The second kappa shape index (κ2) is 8.74. The molecule has 1 heterocycles. The molecule has 0 bridgehead atoms. The Morgan fingerprint density at radius 1 is 1.00 bits per heavy atom. The smallest absolute Gasteiger partial charge is 0.124 e. The molecule has 1 fully saturated rings. The lowest BCUT2D eigenvalue weighted by atomic mass is 10.0. The van der Waals surface area contributed by atoms with Crippen LogP contribution in [0.15, 0.2) is 54.6 Å². The van der Waals surface area contributed by atoms with Gasteiger partial charge in [0.05, 0.1) is 17.3 Å². The summed E-state index contributed by atoms with van der Waals surface area (Å²) in [5.74, 6) is 0.935. The van der Waals surface area contributed by atoms with Crippen LogP contribution in [0, 0.1) is 0 Å². The average Bonchev–Trinajstić information content (AvgIpc) is 2.74. The molecule has 0 atom stereocenters. The molecular formula is C24H27ClN2O. The van der Waals surface area contributed by atoms with Crippen molar-refractivity contribution in [2.45, 2.75) is 32.7 Å². The van der Waals surface area contributed by atoms with E-state index in [1.807, 2.05) is 13.0 Å². The van der Waals surface area contributed by atoms with Crippen LogP contribution in [0.4, 0.5) is 11.4 Å². The molecule has 1 aliphatic heterocycles. The molecule has 4 rings (SSSR count). The number of hydrogen-bond donors (Lipinski definition) is 1. The van der Waals surface area contributed by atoms with Crippen molar-refractivity contribution in [3.05, 3.63) is 65.2 Å². The summed E-state index contributed by atoms with van der Waals surface area (Å²) in [6.07, 6.45) is 3.82. The number of fused-ring (bicyclic) bond motifs is 1. The molecular weight excluding hydrogens is 368 g/mol. The number of nitrogens with one attached hydrogen (secondary N) is 1. The average molecular weight is 395 g/mol. The quantitative estimate of drug-likeness (QED) is 0.516. The van der Waals surface area contributed by atoms with Crippen LogP contribution in [0.2, 0.25) is 5.02 Å². The number of rotatable bonds is 6. The Morgan fingerprint density at radius 2 is 1.82 bits per heavy atom. The molecule has 0 saturated carbocycles. The first-order valence-corrected chi connectivity index (χ1v) is 10.6. The maximum Gasteiger partial charge on any atom is 0.124 e. The minimum Gasteiger partial charge on any atom is -0.494 e. The van der Waals surface area contributed by atoms with Crippen molar-refractivity contribution >= 4 is 33.7 Å². The van der Waals surface area contributed by atoms with Crippen LogP contribution in [0.1, 0.15) is 31.7 Å². The number of ether oxygens (including phenoxy) is 1. The summed E-state index contributed by atoms with van der Waals surface area (Å²) in [4.78, 5) is 2.40. The minimum atomic E-state index is 0.654. The highest BCUT2D eigenvalue weighted by molar-refractivity contribution is 6.33. The lowest BCUT2D eigenvalue weighted by Crippen LogP contribution is -2.29. The van der Waals surface area contributed by atoms with E-state index in [-0.39, 0.29) is 0 Å². The van der Waals surface area contributed by atoms with Gasteiger partial charge < -0.3 is 15.0 Å². The molecule has 1 aliphatic rings. The van der Waals surface area contributed by atoms with Crippen LogP contribution in [-0.4, -0.2) is 19.7 Å². The van der Waals surface area contributed by atoms with E-state index in [2.05, 4.69) is 58.7 Å². The van der Waals surface area contributed by atoms with Gasteiger partial charge in [-0.3, -0.25) is 0 Å². The summed E-state index contributed by atoms with van der Waals surface area (Å²) in [6, 6.07) is 18.9. The van der Waals surface area contributed by atoms with Crippen molar-refractivity contribution < 1.29 is 4.74 Å². The molecule has 28 heavy (non-hydrogen) atoms. The molecule has 3 aromatic rings. The summed E-state index contributed by atoms with van der Waals surface area (Å²) in [5, 5.41) is 6.80. The predicted octanol–water partition coefficient (Wildman–Crippen LogP) is 6.49. The van der Waals surface area contributed by atoms with Gasteiger partial charge in [-0.1, -0.05) is 41.9 Å². The number of benzene rings is 3. The molecule has 0 spiro atoms. The SMILES string of the molecule is CCOc1ccc2ccccc2c1CNc1ccc(N2CCCCC2)c(Cl)c1. The lowest BCUT2D eigenvalue weighted by Gasteiger charge is -2.29. The Bertz CT molecular complexity index is 950. The molecule has 0 radical (unpaired) electrons. The van der Waals surface area contributed by atoms with Gasteiger partial charge in [-0.05, 0) is 61.2 Å². The Kier molecular flexibility index (Phi) is 5.92. The topological polar surface area (TPSA) is 24.5 Å². The highest BCUT2D eigenvalue weighted by atomic mass is 35.5. The van der Waals surface area contributed by atoms with Gasteiger partial charge >= 0.3 is 0 Å². The summed E-state index contributed by atoms with van der Waals surface area (Å²) in [6.45, 7) is 5.56. The Balaban J connectivity index is 1.56. The van der Waals surface area contributed by atoms with E-state index in [4.69, 9.17) is 16.3 Å². The van der Waals surface area contributed by atoms with Gasteiger partial charge in [0.1, 0.15) is 5.75 Å². The number of piperidine rings is 1. The maximum atomic E-state index is 6.61. The Hall–Kier alpha value is -2.39. The molecule has 1 N–H and O–H groups in total. The van der Waals surface area contributed by atoms with Gasteiger partial charge in [0.25, 0.3) is 0 Å². The van der Waals surface area contributed by atoms with E-state index in [9.17, 15) is 0 Å². The van der Waals surface area contributed by atoms with Crippen molar-refractivity contribution in [2.75, 3.05) is 29.9 Å². The first-order chi connectivity index (χ1) is 13.8. The van der Waals surface area contributed by atoms with Crippen molar-refractivity contribution in [1.82, 2.24) is 0 Å². The molecule has 3 nitrogen and oxygen atoms in total. The molecule has 3 aromatic carbocycles. The fourth-order valence-corrected chi connectivity index (χ4v) is 4.29. The first-order valence-electron chi connectivity index (χ1n) is 10.2. The second-order valence-electron chi connectivity index (χ2n) is 7.26. The van der Waals surface area contributed by atoms with E-state index < -0.39 is 0 Å². The third kappa shape index (κ3) is 4.05. The monoisotopic (exact) mass is 394 g/mol. The van der Waals surface area contributed by atoms with Crippen LogP contribution >= 0.6 is 11.6 Å². The largest absolute Gasteiger partial charge is 0.494 e. The van der Waals surface area contributed by atoms with Crippen LogP contribution in [-0.2, 0) is 6.54 Å². The fraction of sp³-hybridized carbons (Fsp3) is 0.333. The number of halogens is 1. The summed E-state index contributed by atoms with van der Waals surface area (Å²) in [7, 11) is 0. The molecule has 146 valence electrons. The summed E-state index contributed by atoms with van der Waals surface area (Å²) < 4.78 is 5.88. The fourth-order valence-electron chi connectivity index (χ4n) is 3.99. The molecule has 4 heteroatoms. The number of hydrogen-bond acceptors (Lipinski definition) is 3. The zero-order chi connectivity index (χ0) is 19.3. The van der Waals surface area contributed by atoms with E-state index in [1.54, 1.807) is 0 Å². The second-order valence-corrected chi connectivity index (χ2v) is 7.67. The first kappa shape index (κ1) is 18.9. The van der Waals surface area contributed by atoms with Crippen molar-refractivity contribution in [2.24, 2.45) is 0 Å². The normalized spacial score (nSPS) is 14.3. The molecule has 0 amide bonds. The van der Waals surface area contributed by atoms with E-state index >= 15 is 0 Å².